The van der Waals surface area contributed by atoms with Crippen molar-refractivity contribution in [3.63, 3.8) is 0 Å². The second-order valence-corrected chi connectivity index (χ2v) is 12.0. The van der Waals surface area contributed by atoms with Gasteiger partial charge in [-0.05, 0) is 84.0 Å². The normalized spacial score (nSPS) is 11.2. The monoisotopic (exact) mass is 611 g/mol. The van der Waals surface area contributed by atoms with Crippen LogP contribution in [0.25, 0.3) is 5.69 Å². The zero-order valence-corrected chi connectivity index (χ0v) is 25.9. The number of carbonyl (C=O) groups is 3. The molecule has 0 spiro atoms. The predicted molar refractivity (Wildman–Crippen MR) is 168 cm³/mol. The van der Waals surface area contributed by atoms with Gasteiger partial charge < -0.3 is 14.8 Å². The number of hydrogen-bond donors (Lipinski definition) is 2. The van der Waals surface area contributed by atoms with E-state index < -0.39 is 35.4 Å². The van der Waals surface area contributed by atoms with Crippen LogP contribution in [0.4, 0.5) is 20.6 Å². The van der Waals surface area contributed by atoms with Gasteiger partial charge in [0.15, 0.2) is 5.78 Å². The minimum atomic E-state index is -0.786. The van der Waals surface area contributed by atoms with Gasteiger partial charge in [0.2, 0.25) is 5.91 Å². The number of aromatic nitrogens is 3. The maximum atomic E-state index is 13.4. The zero-order valence-electron chi connectivity index (χ0n) is 25.9. The number of benzene rings is 3. The summed E-state index contributed by atoms with van der Waals surface area (Å²) in [5.41, 5.74) is 0.764. The highest BCUT2D eigenvalue weighted by Crippen LogP contribution is 2.34. The van der Waals surface area contributed by atoms with Crippen LogP contribution in [-0.2, 0) is 9.53 Å². The van der Waals surface area contributed by atoms with Gasteiger partial charge in [0.1, 0.15) is 22.8 Å². The first-order valence-corrected chi connectivity index (χ1v) is 14.1. The van der Waals surface area contributed by atoms with Crippen LogP contribution in [0.2, 0.25) is 0 Å². The molecule has 0 atom stereocenters. The molecule has 0 fully saturated rings. The van der Waals surface area contributed by atoms with Gasteiger partial charge >= 0.3 is 6.09 Å². The molecule has 0 saturated carbocycles. The van der Waals surface area contributed by atoms with E-state index in [4.69, 9.17) is 9.47 Å². The van der Waals surface area contributed by atoms with E-state index in [1.165, 1.54) is 47.3 Å². The Balaban J connectivity index is 1.67. The smallest absolute Gasteiger partial charge is 0.412 e. The van der Waals surface area contributed by atoms with Crippen molar-refractivity contribution in [2.75, 3.05) is 10.6 Å². The van der Waals surface area contributed by atoms with E-state index in [0.29, 0.717) is 28.1 Å². The lowest BCUT2D eigenvalue weighted by Crippen LogP contribution is -2.28. The molecular formula is C34H34FN5O5. The fourth-order valence-electron chi connectivity index (χ4n) is 4.00. The number of ether oxygens (including phenoxy) is 2. The molecule has 45 heavy (non-hydrogen) atoms. The Labute approximate surface area is 260 Å². The predicted octanol–water partition coefficient (Wildman–Crippen LogP) is 6.54. The topological polar surface area (TPSA) is 124 Å². The van der Waals surface area contributed by atoms with E-state index in [1.807, 2.05) is 20.8 Å². The standard InChI is InChI=1S/C34H34FN5O5/c1-33(2,3)44-30-20-28(38-32(43)45-34(4,5)6)27(19-24(30)13-10-22-11-14-25(35)15-12-22)37-31(42)21-29(41)23-8-7-9-26(18-23)40-17-16-36-39-40/h7-9,11-12,14-20H,21H2,1-6H3,(H,37,42)(H,38,43). The summed E-state index contributed by atoms with van der Waals surface area (Å²) in [5, 5.41) is 13.1. The van der Waals surface area contributed by atoms with E-state index >= 15 is 0 Å². The maximum Gasteiger partial charge on any atom is 0.412 e. The lowest BCUT2D eigenvalue weighted by Gasteiger charge is -2.24. The first kappa shape index (κ1) is 32.4. The molecule has 0 bridgehead atoms. The van der Waals surface area contributed by atoms with Crippen LogP contribution >= 0.6 is 0 Å². The summed E-state index contributed by atoms with van der Waals surface area (Å²) in [4.78, 5) is 39.1. The number of amides is 2. The van der Waals surface area contributed by atoms with Crippen molar-refractivity contribution < 1.29 is 28.2 Å². The van der Waals surface area contributed by atoms with Crippen molar-refractivity contribution in [1.29, 1.82) is 0 Å². The third kappa shape index (κ3) is 9.76. The van der Waals surface area contributed by atoms with Crippen molar-refractivity contribution in [2.24, 2.45) is 0 Å². The highest BCUT2D eigenvalue weighted by atomic mass is 19.1. The maximum absolute atomic E-state index is 13.4. The summed E-state index contributed by atoms with van der Waals surface area (Å²) in [7, 11) is 0. The number of ketones is 1. The van der Waals surface area contributed by atoms with Gasteiger partial charge in [-0.3, -0.25) is 14.9 Å². The lowest BCUT2D eigenvalue weighted by atomic mass is 10.1. The van der Waals surface area contributed by atoms with Crippen molar-refractivity contribution in [3.05, 3.63) is 95.6 Å². The molecule has 0 aliphatic carbocycles. The van der Waals surface area contributed by atoms with Crippen molar-refractivity contribution in [1.82, 2.24) is 15.0 Å². The number of carbonyl (C=O) groups excluding carboxylic acids is 3. The Kier molecular flexibility index (Phi) is 9.67. The number of halogens is 1. The summed E-state index contributed by atoms with van der Waals surface area (Å²) in [6.45, 7) is 10.7. The Morgan fingerprint density at radius 1 is 0.889 bits per heavy atom. The second-order valence-electron chi connectivity index (χ2n) is 12.0. The quantitative estimate of drug-likeness (QED) is 0.138. The molecule has 4 rings (SSSR count). The van der Waals surface area contributed by atoms with Gasteiger partial charge in [-0.2, -0.15) is 0 Å². The molecule has 10 nitrogen and oxygen atoms in total. The minimum absolute atomic E-state index is 0.166. The molecule has 0 aliphatic heterocycles. The van der Waals surface area contributed by atoms with Gasteiger partial charge in [0.25, 0.3) is 0 Å². The highest BCUT2D eigenvalue weighted by Gasteiger charge is 2.22. The summed E-state index contributed by atoms with van der Waals surface area (Å²) in [6, 6.07) is 15.4. The van der Waals surface area contributed by atoms with Gasteiger partial charge in [-0.15, -0.1) is 5.10 Å². The van der Waals surface area contributed by atoms with Crippen molar-refractivity contribution in [3.8, 4) is 23.3 Å². The molecule has 4 aromatic rings. The van der Waals surface area contributed by atoms with Crippen LogP contribution < -0.4 is 15.4 Å². The van der Waals surface area contributed by atoms with Crippen molar-refractivity contribution >= 4 is 29.2 Å². The molecule has 1 aromatic heterocycles. The average molecular weight is 612 g/mol. The van der Waals surface area contributed by atoms with E-state index in [9.17, 15) is 18.8 Å². The van der Waals surface area contributed by atoms with E-state index in [2.05, 4.69) is 32.8 Å². The fraction of sp³-hybridized carbons (Fsp3) is 0.265. The molecule has 1 heterocycles. The first-order chi connectivity index (χ1) is 21.1. The summed E-state index contributed by atoms with van der Waals surface area (Å²) in [5.74, 6) is 4.86. The molecular weight excluding hydrogens is 577 g/mol. The van der Waals surface area contributed by atoms with E-state index in [1.54, 1.807) is 51.2 Å². The van der Waals surface area contributed by atoms with Crippen molar-refractivity contribution in [2.45, 2.75) is 59.2 Å². The molecule has 232 valence electrons. The number of anilines is 2. The van der Waals surface area contributed by atoms with Gasteiger partial charge in [-0.1, -0.05) is 29.2 Å². The Bertz CT molecular complexity index is 1760. The molecule has 2 N–H and O–H groups in total. The molecule has 11 heteroatoms. The molecule has 0 aliphatic rings. The molecule has 2 amide bonds. The van der Waals surface area contributed by atoms with Crippen LogP contribution in [0.1, 0.15) is 69.4 Å². The molecule has 3 aromatic carbocycles. The highest BCUT2D eigenvalue weighted by molar-refractivity contribution is 6.12. The van der Waals surface area contributed by atoms with E-state index in [-0.39, 0.29) is 17.2 Å². The number of Topliss-reactive ketones (excluding diaryl/α,β-unsaturated/α-hetero) is 1. The lowest BCUT2D eigenvalue weighted by molar-refractivity contribution is -0.115. The minimum Gasteiger partial charge on any atom is -0.487 e. The Morgan fingerprint density at radius 3 is 2.24 bits per heavy atom. The van der Waals surface area contributed by atoms with Crippen LogP contribution in [0, 0.1) is 17.7 Å². The molecule has 0 saturated heterocycles. The summed E-state index contributed by atoms with van der Waals surface area (Å²) in [6.07, 6.45) is 1.91. The molecule has 0 unspecified atom stereocenters. The number of hydrogen-bond acceptors (Lipinski definition) is 7. The van der Waals surface area contributed by atoms with Crippen LogP contribution in [0.15, 0.2) is 73.1 Å². The number of nitrogens with zero attached hydrogens (tertiary/aromatic N) is 3. The SMILES string of the molecule is CC(C)(C)OC(=O)Nc1cc(OC(C)(C)C)c(C#Cc2ccc(F)cc2)cc1NC(=O)CC(=O)c1cccc(-n2ccnn2)c1. The largest absolute Gasteiger partial charge is 0.487 e. The summed E-state index contributed by atoms with van der Waals surface area (Å²) >= 11 is 0. The molecule has 0 radical (unpaired) electrons. The average Bonchev–Trinajstić information content (AvgIpc) is 3.48. The van der Waals surface area contributed by atoms with Crippen LogP contribution in [0.5, 0.6) is 5.75 Å². The third-order valence-electron chi connectivity index (χ3n) is 5.81. The number of rotatable bonds is 7. The Hall–Kier alpha value is -5.50. The first-order valence-electron chi connectivity index (χ1n) is 14.1. The van der Waals surface area contributed by atoms with Gasteiger partial charge in [-0.25, -0.2) is 13.9 Å². The van der Waals surface area contributed by atoms with Gasteiger partial charge in [0.05, 0.1) is 41.4 Å². The van der Waals surface area contributed by atoms with Crippen LogP contribution in [-0.4, -0.2) is 44.0 Å². The second kappa shape index (κ2) is 13.4. The van der Waals surface area contributed by atoms with Crippen LogP contribution in [0.3, 0.4) is 0 Å². The Morgan fingerprint density at radius 2 is 1.60 bits per heavy atom. The fourth-order valence-corrected chi connectivity index (χ4v) is 4.00. The summed E-state index contributed by atoms with van der Waals surface area (Å²) < 4.78 is 26.5. The zero-order chi connectivity index (χ0) is 32.8. The third-order valence-corrected chi connectivity index (χ3v) is 5.81. The van der Waals surface area contributed by atoms with Gasteiger partial charge in [0, 0.05) is 17.2 Å². The number of nitrogens with one attached hydrogen (secondary N) is 2. The van der Waals surface area contributed by atoms with E-state index in [0.717, 1.165) is 0 Å².